The van der Waals surface area contributed by atoms with Crippen molar-refractivity contribution in [1.82, 2.24) is 10.8 Å². The highest BCUT2D eigenvalue weighted by molar-refractivity contribution is 5.72. The van der Waals surface area contributed by atoms with Crippen molar-refractivity contribution < 1.29 is 19.2 Å². The van der Waals surface area contributed by atoms with Crippen LogP contribution in [0, 0.1) is 0 Å². The molecule has 0 saturated heterocycles. The van der Waals surface area contributed by atoms with Crippen molar-refractivity contribution in [3.8, 4) is 0 Å². The van der Waals surface area contributed by atoms with Crippen molar-refractivity contribution in [3.05, 3.63) is 0 Å². The third-order valence-corrected chi connectivity index (χ3v) is 1.35. The number of carbonyl (C=O) groups excluding carboxylic acids is 2. The van der Waals surface area contributed by atoms with Crippen LogP contribution in [0.2, 0.25) is 0 Å². The highest BCUT2D eigenvalue weighted by Crippen LogP contribution is 2.06. The van der Waals surface area contributed by atoms with Crippen LogP contribution in [0.1, 0.15) is 34.1 Å². The number of ether oxygens (including phenoxy) is 1. The molecule has 0 radical (unpaired) electrons. The summed E-state index contributed by atoms with van der Waals surface area (Å²) in [5.41, 5.74) is 1.62. The molecule has 2 amide bonds. The molecule has 0 aliphatic carbocycles. The molecule has 0 aliphatic rings. The molecule has 0 fully saturated rings. The lowest BCUT2D eigenvalue weighted by molar-refractivity contribution is -0.119. The summed E-state index contributed by atoms with van der Waals surface area (Å²) < 4.78 is 4.94. The molecule has 94 valence electrons. The quantitative estimate of drug-likeness (QED) is 0.547. The van der Waals surface area contributed by atoms with Crippen molar-refractivity contribution in [2.24, 2.45) is 0 Å². The minimum Gasteiger partial charge on any atom is -0.442 e. The molecule has 0 unspecified atom stereocenters. The van der Waals surface area contributed by atoms with Gasteiger partial charge >= 0.3 is 6.09 Å². The molecule has 16 heavy (non-hydrogen) atoms. The van der Waals surface area contributed by atoms with E-state index in [4.69, 9.17) is 9.57 Å². The van der Waals surface area contributed by atoms with Crippen LogP contribution < -0.4 is 10.8 Å². The summed E-state index contributed by atoms with van der Waals surface area (Å²) in [6.07, 6.45) is 0.00192. The van der Waals surface area contributed by atoms with Gasteiger partial charge < -0.3 is 10.1 Å². The van der Waals surface area contributed by atoms with Crippen molar-refractivity contribution in [2.45, 2.75) is 39.7 Å². The Labute approximate surface area is 95.6 Å². The van der Waals surface area contributed by atoms with Crippen LogP contribution in [0.4, 0.5) is 4.79 Å². The largest absolute Gasteiger partial charge is 0.442 e. The van der Waals surface area contributed by atoms with E-state index in [1.165, 1.54) is 6.92 Å². The highest BCUT2D eigenvalue weighted by Gasteiger charge is 2.15. The van der Waals surface area contributed by atoms with Crippen molar-refractivity contribution >= 4 is 12.0 Å². The molecule has 0 heterocycles. The number of hydroxylamine groups is 1. The van der Waals surface area contributed by atoms with Crippen LogP contribution in [0.3, 0.4) is 0 Å². The van der Waals surface area contributed by atoms with Gasteiger partial charge in [0.15, 0.2) is 0 Å². The lowest BCUT2D eigenvalue weighted by Crippen LogP contribution is -2.33. The van der Waals surface area contributed by atoms with E-state index in [9.17, 15) is 9.59 Å². The Balaban J connectivity index is 3.38. The first-order valence-electron chi connectivity index (χ1n) is 5.16. The fourth-order valence-electron chi connectivity index (χ4n) is 0.818. The first-order chi connectivity index (χ1) is 7.31. The zero-order valence-corrected chi connectivity index (χ0v) is 10.3. The smallest absolute Gasteiger partial charge is 0.431 e. The Hall–Kier alpha value is -1.30. The number of rotatable bonds is 5. The second kappa shape index (κ2) is 7.05. The van der Waals surface area contributed by atoms with Gasteiger partial charge in [-0.25, -0.2) is 4.79 Å². The highest BCUT2D eigenvalue weighted by atomic mass is 16.7. The fraction of sp³-hybridized carbons (Fsp3) is 0.800. The van der Waals surface area contributed by atoms with E-state index in [0.29, 0.717) is 19.6 Å². The fourth-order valence-corrected chi connectivity index (χ4v) is 0.818. The van der Waals surface area contributed by atoms with Gasteiger partial charge in [0.25, 0.3) is 0 Å². The van der Waals surface area contributed by atoms with Gasteiger partial charge in [0.2, 0.25) is 5.91 Å². The molecule has 2 N–H and O–H groups in total. The molecule has 0 aromatic carbocycles. The van der Waals surface area contributed by atoms with Crippen molar-refractivity contribution in [3.63, 3.8) is 0 Å². The second-order valence-corrected chi connectivity index (χ2v) is 4.29. The molecule has 0 spiro atoms. The molecule has 0 aliphatic heterocycles. The Morgan fingerprint density at radius 1 is 1.25 bits per heavy atom. The van der Waals surface area contributed by atoms with E-state index in [1.54, 1.807) is 20.8 Å². The van der Waals surface area contributed by atoms with Gasteiger partial charge in [-0.05, 0) is 27.2 Å². The minimum atomic E-state index is -0.618. The molecule has 0 aromatic heterocycles. The van der Waals surface area contributed by atoms with E-state index in [1.807, 2.05) is 0 Å². The average Bonchev–Trinajstić information content (AvgIpc) is 2.07. The first-order valence-corrected chi connectivity index (χ1v) is 5.16. The number of amides is 2. The summed E-state index contributed by atoms with van der Waals surface area (Å²) >= 11 is 0. The Morgan fingerprint density at radius 3 is 2.38 bits per heavy atom. The predicted octanol–water partition coefficient (Wildman–Crippen LogP) is 0.969. The monoisotopic (exact) mass is 232 g/mol. The van der Waals surface area contributed by atoms with Crippen LogP contribution in [-0.2, 0) is 14.4 Å². The third kappa shape index (κ3) is 10.8. The van der Waals surface area contributed by atoms with Crippen LogP contribution >= 0.6 is 0 Å². The van der Waals surface area contributed by atoms with Gasteiger partial charge in [-0.1, -0.05) is 0 Å². The summed E-state index contributed by atoms with van der Waals surface area (Å²) in [4.78, 5) is 26.4. The molecular formula is C10H20N2O4. The minimum absolute atomic E-state index is 0.0832. The zero-order chi connectivity index (χ0) is 12.6. The van der Waals surface area contributed by atoms with Crippen LogP contribution in [0.5, 0.6) is 0 Å². The molecule has 0 bridgehead atoms. The molecule has 6 heteroatoms. The van der Waals surface area contributed by atoms with Gasteiger partial charge in [0, 0.05) is 13.5 Å². The first kappa shape index (κ1) is 14.7. The van der Waals surface area contributed by atoms with Gasteiger partial charge in [0.05, 0.1) is 6.61 Å². The predicted molar refractivity (Wildman–Crippen MR) is 58.6 cm³/mol. The number of nitrogens with one attached hydrogen (secondary N) is 2. The Morgan fingerprint density at radius 2 is 1.88 bits per heavy atom. The van der Waals surface area contributed by atoms with Crippen LogP contribution in [-0.4, -0.2) is 30.8 Å². The van der Waals surface area contributed by atoms with Crippen LogP contribution in [0.15, 0.2) is 0 Å². The van der Waals surface area contributed by atoms with Crippen LogP contribution in [0.25, 0.3) is 0 Å². The standard InChI is InChI=1S/C10H20N2O4/c1-8(13)11-6-5-7-15-12-9(14)16-10(2,3)4/h5-7H2,1-4H3,(H,11,13)(H,12,14). The normalized spacial score (nSPS) is 10.8. The summed E-state index contributed by atoms with van der Waals surface area (Å²) in [5.74, 6) is -0.0832. The molecule has 0 rings (SSSR count). The molecule has 6 nitrogen and oxygen atoms in total. The molecule has 0 aromatic rings. The summed E-state index contributed by atoms with van der Waals surface area (Å²) in [6, 6.07) is 0. The maximum Gasteiger partial charge on any atom is 0.431 e. The molecule has 0 saturated carbocycles. The lowest BCUT2D eigenvalue weighted by atomic mass is 10.2. The topological polar surface area (TPSA) is 76.7 Å². The van der Waals surface area contributed by atoms with Gasteiger partial charge in [-0.2, -0.15) is 5.48 Å². The van der Waals surface area contributed by atoms with Gasteiger partial charge in [0.1, 0.15) is 5.60 Å². The SMILES string of the molecule is CC(=O)NCCCONC(=O)OC(C)(C)C. The summed E-state index contributed by atoms with van der Waals surface area (Å²) in [6.45, 7) is 7.58. The maximum absolute atomic E-state index is 11.1. The van der Waals surface area contributed by atoms with E-state index < -0.39 is 11.7 Å². The van der Waals surface area contributed by atoms with Gasteiger partial charge in [-0.15, -0.1) is 0 Å². The van der Waals surface area contributed by atoms with E-state index in [0.717, 1.165) is 0 Å². The van der Waals surface area contributed by atoms with Crippen molar-refractivity contribution in [1.29, 1.82) is 0 Å². The Bertz CT molecular complexity index is 235. The molecular weight excluding hydrogens is 212 g/mol. The second-order valence-electron chi connectivity index (χ2n) is 4.29. The average molecular weight is 232 g/mol. The summed E-state index contributed by atoms with van der Waals surface area (Å²) in [5, 5.41) is 2.61. The maximum atomic E-state index is 11.1. The summed E-state index contributed by atoms with van der Waals surface area (Å²) in [7, 11) is 0. The van der Waals surface area contributed by atoms with Crippen molar-refractivity contribution in [2.75, 3.05) is 13.2 Å². The van der Waals surface area contributed by atoms with E-state index >= 15 is 0 Å². The molecule has 0 atom stereocenters. The van der Waals surface area contributed by atoms with Gasteiger partial charge in [-0.3, -0.25) is 9.63 Å². The van der Waals surface area contributed by atoms with E-state index in [2.05, 4.69) is 10.8 Å². The number of carbonyl (C=O) groups is 2. The lowest BCUT2D eigenvalue weighted by Gasteiger charge is -2.19. The zero-order valence-electron chi connectivity index (χ0n) is 10.3. The number of hydrogen-bond donors (Lipinski definition) is 2. The third-order valence-electron chi connectivity index (χ3n) is 1.35. The Kier molecular flexibility index (Phi) is 6.48. The number of hydrogen-bond acceptors (Lipinski definition) is 4. The van der Waals surface area contributed by atoms with E-state index in [-0.39, 0.29) is 5.91 Å².